The standard InChI is InChI=1S/C13H13N3O5/c1-8-3-4-9(21-8)7-15(2)12-5-10(13(17)18)11(6-14-12)16(19)20/h3-6H,7H2,1-2H3,(H,17,18). The molecule has 1 N–H and O–H groups in total. The number of furan rings is 1. The van der Waals surface area contributed by atoms with Gasteiger partial charge in [0.05, 0.1) is 11.5 Å². The molecule has 0 aliphatic rings. The minimum atomic E-state index is -1.37. The van der Waals surface area contributed by atoms with Gasteiger partial charge in [-0.25, -0.2) is 9.78 Å². The second-order valence-corrected chi connectivity index (χ2v) is 4.49. The van der Waals surface area contributed by atoms with Gasteiger partial charge in [-0.15, -0.1) is 0 Å². The summed E-state index contributed by atoms with van der Waals surface area (Å²) >= 11 is 0. The summed E-state index contributed by atoms with van der Waals surface area (Å²) in [6, 6.07) is 4.79. The van der Waals surface area contributed by atoms with Crippen molar-refractivity contribution in [2.45, 2.75) is 13.5 Å². The van der Waals surface area contributed by atoms with Gasteiger partial charge in [-0.1, -0.05) is 0 Å². The van der Waals surface area contributed by atoms with Crippen molar-refractivity contribution < 1.29 is 19.2 Å². The van der Waals surface area contributed by atoms with E-state index in [1.165, 1.54) is 6.07 Å². The molecule has 0 fully saturated rings. The number of rotatable bonds is 5. The molecule has 0 saturated heterocycles. The third-order valence-corrected chi connectivity index (χ3v) is 2.88. The molecule has 2 aromatic heterocycles. The van der Waals surface area contributed by atoms with Crippen LogP contribution in [0.25, 0.3) is 0 Å². The van der Waals surface area contributed by atoms with E-state index in [1.807, 2.05) is 13.0 Å². The van der Waals surface area contributed by atoms with Crippen molar-refractivity contribution in [3.05, 3.63) is 51.6 Å². The fraction of sp³-hybridized carbons (Fsp3) is 0.231. The first kappa shape index (κ1) is 14.5. The van der Waals surface area contributed by atoms with Gasteiger partial charge in [0.2, 0.25) is 0 Å². The Morgan fingerprint density at radius 1 is 1.52 bits per heavy atom. The summed E-state index contributed by atoms with van der Waals surface area (Å²) in [5.74, 6) is 0.396. The van der Waals surface area contributed by atoms with Crippen molar-refractivity contribution >= 4 is 17.5 Å². The molecule has 21 heavy (non-hydrogen) atoms. The second-order valence-electron chi connectivity index (χ2n) is 4.49. The number of carboxylic acid groups (broad SMARTS) is 1. The minimum absolute atomic E-state index is 0.312. The van der Waals surface area contributed by atoms with Crippen LogP contribution in [0.2, 0.25) is 0 Å². The van der Waals surface area contributed by atoms with Crippen LogP contribution in [0.4, 0.5) is 11.5 Å². The van der Waals surface area contributed by atoms with Gasteiger partial charge in [0.25, 0.3) is 0 Å². The molecule has 0 radical (unpaired) electrons. The predicted molar refractivity (Wildman–Crippen MR) is 73.4 cm³/mol. The fourth-order valence-corrected chi connectivity index (χ4v) is 1.85. The molecular formula is C13H13N3O5. The zero-order valence-corrected chi connectivity index (χ0v) is 11.4. The molecule has 0 bridgehead atoms. The Bertz CT molecular complexity index is 695. The Morgan fingerprint density at radius 3 is 2.76 bits per heavy atom. The van der Waals surface area contributed by atoms with E-state index in [0.717, 1.165) is 12.0 Å². The molecular weight excluding hydrogens is 278 g/mol. The third kappa shape index (κ3) is 3.16. The zero-order valence-electron chi connectivity index (χ0n) is 11.4. The number of carboxylic acids is 1. The number of nitrogens with zero attached hydrogens (tertiary/aromatic N) is 3. The highest BCUT2D eigenvalue weighted by atomic mass is 16.6. The summed E-state index contributed by atoms with van der Waals surface area (Å²) in [7, 11) is 1.69. The van der Waals surface area contributed by atoms with Crippen LogP contribution in [0, 0.1) is 17.0 Å². The molecule has 2 rings (SSSR count). The maximum absolute atomic E-state index is 11.1. The number of nitro groups is 1. The van der Waals surface area contributed by atoms with Crippen molar-refractivity contribution in [1.82, 2.24) is 4.98 Å². The molecule has 0 spiro atoms. The van der Waals surface area contributed by atoms with Crippen LogP contribution >= 0.6 is 0 Å². The minimum Gasteiger partial charge on any atom is -0.477 e. The van der Waals surface area contributed by atoms with Crippen molar-refractivity contribution in [2.75, 3.05) is 11.9 Å². The molecule has 0 saturated carbocycles. The molecule has 0 atom stereocenters. The summed E-state index contributed by atoms with van der Waals surface area (Å²) in [4.78, 5) is 26.7. The highest BCUT2D eigenvalue weighted by Gasteiger charge is 2.22. The van der Waals surface area contributed by atoms with Crippen LogP contribution in [-0.2, 0) is 6.54 Å². The number of pyridine rings is 1. The van der Waals surface area contributed by atoms with Crippen molar-refractivity contribution in [1.29, 1.82) is 0 Å². The first-order valence-electron chi connectivity index (χ1n) is 6.02. The number of aromatic nitrogens is 1. The highest BCUT2D eigenvalue weighted by Crippen LogP contribution is 2.23. The Labute approximate surface area is 119 Å². The number of carbonyl (C=O) groups is 1. The Hall–Kier alpha value is -2.90. The summed E-state index contributed by atoms with van der Waals surface area (Å²) in [5, 5.41) is 19.8. The highest BCUT2D eigenvalue weighted by molar-refractivity contribution is 5.93. The largest absolute Gasteiger partial charge is 0.477 e. The van der Waals surface area contributed by atoms with Crippen molar-refractivity contribution in [3.63, 3.8) is 0 Å². The molecule has 2 aromatic rings. The van der Waals surface area contributed by atoms with Crippen LogP contribution in [0.5, 0.6) is 0 Å². The Kier molecular flexibility index (Phi) is 3.88. The molecule has 0 aliphatic carbocycles. The first-order chi connectivity index (χ1) is 9.88. The number of aryl methyl sites for hydroxylation is 1. The lowest BCUT2D eigenvalue weighted by atomic mass is 10.2. The van der Waals surface area contributed by atoms with E-state index < -0.39 is 22.1 Å². The fourth-order valence-electron chi connectivity index (χ4n) is 1.85. The second kappa shape index (κ2) is 5.61. The van der Waals surface area contributed by atoms with E-state index in [1.54, 1.807) is 18.0 Å². The van der Waals surface area contributed by atoms with Crippen LogP contribution < -0.4 is 4.90 Å². The van der Waals surface area contributed by atoms with E-state index in [9.17, 15) is 14.9 Å². The molecule has 0 unspecified atom stereocenters. The number of hydrogen-bond acceptors (Lipinski definition) is 6. The summed E-state index contributed by atoms with van der Waals surface area (Å²) in [6.45, 7) is 2.19. The summed E-state index contributed by atoms with van der Waals surface area (Å²) in [5.41, 5.74) is -0.930. The Morgan fingerprint density at radius 2 is 2.24 bits per heavy atom. The number of hydrogen-bond donors (Lipinski definition) is 1. The lowest BCUT2D eigenvalue weighted by Crippen LogP contribution is -2.18. The Balaban J connectivity index is 2.29. The van der Waals surface area contributed by atoms with Gasteiger partial charge in [-0.05, 0) is 19.1 Å². The van der Waals surface area contributed by atoms with Gasteiger partial charge in [0.15, 0.2) is 0 Å². The molecule has 0 amide bonds. The first-order valence-corrected chi connectivity index (χ1v) is 6.02. The molecule has 8 heteroatoms. The predicted octanol–water partition coefficient (Wildman–Crippen LogP) is 2.23. The van der Waals surface area contributed by atoms with E-state index >= 15 is 0 Å². The lowest BCUT2D eigenvalue weighted by Gasteiger charge is -2.16. The monoisotopic (exact) mass is 291 g/mol. The van der Waals surface area contributed by atoms with Crippen LogP contribution in [0.3, 0.4) is 0 Å². The van der Waals surface area contributed by atoms with Gasteiger partial charge >= 0.3 is 11.7 Å². The molecule has 110 valence electrons. The van der Waals surface area contributed by atoms with Crippen LogP contribution in [0.1, 0.15) is 21.9 Å². The smallest absolute Gasteiger partial charge is 0.342 e. The average molecular weight is 291 g/mol. The van der Waals surface area contributed by atoms with Crippen molar-refractivity contribution in [3.8, 4) is 0 Å². The van der Waals surface area contributed by atoms with E-state index in [2.05, 4.69) is 4.98 Å². The van der Waals surface area contributed by atoms with Crippen molar-refractivity contribution in [2.24, 2.45) is 0 Å². The SMILES string of the molecule is Cc1ccc(CN(C)c2cc(C(=O)O)c([N+](=O)[O-])cn2)o1. The molecule has 0 aromatic carbocycles. The zero-order chi connectivity index (χ0) is 15.6. The van der Waals surface area contributed by atoms with E-state index in [0.29, 0.717) is 18.1 Å². The molecule has 8 nitrogen and oxygen atoms in total. The van der Waals surface area contributed by atoms with Gasteiger partial charge in [-0.3, -0.25) is 10.1 Å². The number of aromatic carboxylic acids is 1. The third-order valence-electron chi connectivity index (χ3n) is 2.88. The van der Waals surface area contributed by atoms with Gasteiger partial charge in [0.1, 0.15) is 29.1 Å². The van der Waals surface area contributed by atoms with E-state index in [-0.39, 0.29) is 0 Å². The van der Waals surface area contributed by atoms with Gasteiger partial charge in [0, 0.05) is 13.1 Å². The quantitative estimate of drug-likeness (QED) is 0.664. The van der Waals surface area contributed by atoms with Gasteiger partial charge < -0.3 is 14.4 Å². The normalized spacial score (nSPS) is 10.4. The van der Waals surface area contributed by atoms with E-state index in [4.69, 9.17) is 9.52 Å². The van der Waals surface area contributed by atoms with Crippen LogP contribution in [-0.4, -0.2) is 28.0 Å². The average Bonchev–Trinajstić information content (AvgIpc) is 2.83. The lowest BCUT2D eigenvalue weighted by molar-refractivity contribution is -0.385. The summed E-state index contributed by atoms with van der Waals surface area (Å²) < 4.78 is 5.42. The maximum Gasteiger partial charge on any atom is 0.342 e. The van der Waals surface area contributed by atoms with Gasteiger partial charge in [-0.2, -0.15) is 0 Å². The van der Waals surface area contributed by atoms with Crippen LogP contribution in [0.15, 0.2) is 28.8 Å². The number of anilines is 1. The molecule has 0 aliphatic heterocycles. The topological polar surface area (TPSA) is 110 Å². The molecule has 2 heterocycles. The summed E-state index contributed by atoms with van der Waals surface area (Å²) in [6.07, 6.45) is 0.947. The maximum atomic E-state index is 11.1.